The van der Waals surface area contributed by atoms with Crippen molar-refractivity contribution in [2.75, 3.05) is 0 Å². The third-order valence-electron chi connectivity index (χ3n) is 14.8. The number of aryl methyl sites for hydroxylation is 4. The van der Waals surface area contributed by atoms with Gasteiger partial charge in [0.1, 0.15) is 0 Å². The third kappa shape index (κ3) is 5.56. The first-order valence-electron chi connectivity index (χ1n) is 22.9. The highest BCUT2D eigenvalue weighted by Gasteiger charge is 2.27. The van der Waals surface area contributed by atoms with Crippen LogP contribution in [0.15, 0.2) is 133 Å². The molecule has 0 spiro atoms. The minimum absolute atomic E-state index is 1.11. The van der Waals surface area contributed by atoms with E-state index in [4.69, 9.17) is 0 Å². The average Bonchev–Trinajstić information content (AvgIpc) is 3.29. The monoisotopic (exact) mass is 772 g/mol. The van der Waals surface area contributed by atoms with Crippen molar-refractivity contribution in [3.05, 3.63) is 178 Å². The van der Waals surface area contributed by atoms with E-state index in [1.807, 2.05) is 0 Å². The molecule has 3 aliphatic carbocycles. The van der Waals surface area contributed by atoms with Crippen molar-refractivity contribution in [3.8, 4) is 44.5 Å². The van der Waals surface area contributed by atoms with Crippen LogP contribution in [0.3, 0.4) is 0 Å². The van der Waals surface area contributed by atoms with Crippen molar-refractivity contribution in [2.45, 2.75) is 90.9 Å². The quantitative estimate of drug-likeness (QED) is 0.156. The first-order valence-corrected chi connectivity index (χ1v) is 22.9. The summed E-state index contributed by atoms with van der Waals surface area (Å²) in [5, 5.41) is 11.0. The van der Waals surface area contributed by atoms with Gasteiger partial charge in [-0.3, -0.25) is 0 Å². The molecule has 0 radical (unpaired) electrons. The number of hydrogen-bond acceptors (Lipinski definition) is 0. The number of fused-ring (bicyclic) bond motifs is 7. The predicted octanol–water partition coefficient (Wildman–Crippen LogP) is 16.2. The van der Waals surface area contributed by atoms with Crippen LogP contribution in [0.4, 0.5) is 0 Å². The van der Waals surface area contributed by atoms with E-state index in [9.17, 15) is 0 Å². The van der Waals surface area contributed by atoms with Crippen LogP contribution in [-0.4, -0.2) is 0 Å². The Morgan fingerprint density at radius 2 is 0.600 bits per heavy atom. The molecule has 0 amide bonds. The van der Waals surface area contributed by atoms with E-state index >= 15 is 0 Å². The molecule has 0 aromatic heterocycles. The van der Waals surface area contributed by atoms with Crippen LogP contribution in [-0.2, 0) is 38.5 Å². The van der Waals surface area contributed by atoms with Crippen LogP contribution in [0.5, 0.6) is 0 Å². The summed E-state index contributed by atoms with van der Waals surface area (Å²) in [7, 11) is 0. The highest BCUT2D eigenvalue weighted by Crippen LogP contribution is 2.51. The fraction of sp³-hybridized carbons (Fsp3) is 0.233. The molecule has 60 heavy (non-hydrogen) atoms. The van der Waals surface area contributed by atoms with E-state index < -0.39 is 0 Å². The molecule has 0 N–H and O–H groups in total. The molecule has 0 nitrogen and oxygen atoms in total. The Balaban J connectivity index is 1.15. The van der Waals surface area contributed by atoms with Gasteiger partial charge in [0, 0.05) is 0 Å². The van der Waals surface area contributed by atoms with Crippen molar-refractivity contribution in [2.24, 2.45) is 0 Å². The van der Waals surface area contributed by atoms with Gasteiger partial charge in [0.2, 0.25) is 0 Å². The van der Waals surface area contributed by atoms with Gasteiger partial charge in [0.25, 0.3) is 0 Å². The molecule has 3 aliphatic rings. The summed E-state index contributed by atoms with van der Waals surface area (Å²) in [5.74, 6) is 0. The Morgan fingerprint density at radius 1 is 0.267 bits per heavy atom. The van der Waals surface area contributed by atoms with Gasteiger partial charge in [-0.05, 0) is 212 Å². The van der Waals surface area contributed by atoms with Gasteiger partial charge < -0.3 is 0 Å². The largest absolute Gasteiger partial charge is 0.0616 e. The van der Waals surface area contributed by atoms with Gasteiger partial charge in [0.15, 0.2) is 0 Å². The van der Waals surface area contributed by atoms with E-state index in [-0.39, 0.29) is 0 Å². The molecule has 0 heteroatoms. The zero-order valence-electron chi connectivity index (χ0n) is 35.2. The highest BCUT2D eigenvalue weighted by molar-refractivity contribution is 6.24. The summed E-state index contributed by atoms with van der Waals surface area (Å²) >= 11 is 0. The normalized spacial score (nSPS) is 15.0. The molecule has 0 aliphatic heterocycles. The summed E-state index contributed by atoms with van der Waals surface area (Å²) in [6.07, 6.45) is 14.5. The Kier molecular flexibility index (Phi) is 8.59. The molecule has 292 valence electrons. The first kappa shape index (κ1) is 35.9. The van der Waals surface area contributed by atoms with Gasteiger partial charge in [-0.2, -0.15) is 0 Å². The molecule has 0 saturated carbocycles. The van der Waals surface area contributed by atoms with Crippen LogP contribution in [0.1, 0.15) is 83.0 Å². The zero-order chi connectivity index (χ0) is 39.9. The minimum Gasteiger partial charge on any atom is -0.0616 e. The van der Waals surface area contributed by atoms with E-state index in [2.05, 4.69) is 147 Å². The van der Waals surface area contributed by atoms with E-state index in [1.54, 1.807) is 33.4 Å². The highest BCUT2D eigenvalue weighted by atomic mass is 14.3. The first-order chi connectivity index (χ1) is 29.6. The molecule has 0 unspecified atom stereocenters. The van der Waals surface area contributed by atoms with E-state index in [0.29, 0.717) is 0 Å². The lowest BCUT2D eigenvalue weighted by Gasteiger charge is -2.28. The Labute approximate surface area is 354 Å². The second kappa shape index (κ2) is 14.3. The number of benzene rings is 9. The summed E-state index contributed by atoms with van der Waals surface area (Å²) < 4.78 is 0. The Bertz CT molecular complexity index is 3010. The SMILES string of the molecule is Cc1ccc2c(-c3cccc4c3CCCC4)c3ccccc3c(-c3ccc(-c4c5ccccc5c(-c5cccc6c5CCCC6)c5ccc(C)cc45)c4c3CCCC4)c2c1. The lowest BCUT2D eigenvalue weighted by Crippen LogP contribution is -2.08. The van der Waals surface area contributed by atoms with Crippen molar-refractivity contribution < 1.29 is 0 Å². The van der Waals surface area contributed by atoms with Crippen molar-refractivity contribution in [3.63, 3.8) is 0 Å². The standard InChI is InChI=1S/C60H52/c1-37-29-31-53-55(35-37)59(49-25-11-9-23-47(49)57(53)45-27-13-17-39-15-3-5-19-41(39)45)51-33-34-52(44-22-8-7-21-43(44)51)60-50-26-12-10-24-48(50)58(54-32-30-38(2)36-56(54)60)46-28-14-18-40-16-4-6-20-42(40)46/h9-14,17-18,23-36H,3-8,15-16,19-22H2,1-2H3. The lowest BCUT2D eigenvalue weighted by molar-refractivity contribution is 0.687. The van der Waals surface area contributed by atoms with Gasteiger partial charge in [-0.15, -0.1) is 0 Å². The van der Waals surface area contributed by atoms with Crippen LogP contribution in [0, 0.1) is 13.8 Å². The minimum atomic E-state index is 1.11. The summed E-state index contributed by atoms with van der Waals surface area (Å²) in [6.45, 7) is 4.54. The summed E-state index contributed by atoms with van der Waals surface area (Å²) in [4.78, 5) is 0. The molecule has 0 atom stereocenters. The van der Waals surface area contributed by atoms with Crippen molar-refractivity contribution in [1.82, 2.24) is 0 Å². The molecule has 0 fully saturated rings. The molecule has 12 rings (SSSR count). The van der Waals surface area contributed by atoms with Crippen LogP contribution in [0.2, 0.25) is 0 Å². The topological polar surface area (TPSA) is 0 Å². The molecular weight excluding hydrogens is 721 g/mol. The lowest BCUT2D eigenvalue weighted by atomic mass is 9.76. The molecule has 0 saturated heterocycles. The summed E-state index contributed by atoms with van der Waals surface area (Å²) in [5.41, 5.74) is 23.4. The zero-order valence-corrected chi connectivity index (χ0v) is 35.2. The van der Waals surface area contributed by atoms with Crippen LogP contribution >= 0.6 is 0 Å². The van der Waals surface area contributed by atoms with E-state index in [1.165, 1.54) is 163 Å². The molecular formula is C60H52. The average molecular weight is 773 g/mol. The van der Waals surface area contributed by atoms with E-state index in [0.717, 1.165) is 12.8 Å². The maximum Gasteiger partial charge on any atom is -0.00234 e. The van der Waals surface area contributed by atoms with Crippen LogP contribution in [0.25, 0.3) is 87.6 Å². The smallest absolute Gasteiger partial charge is 0.00234 e. The molecule has 9 aromatic carbocycles. The van der Waals surface area contributed by atoms with Gasteiger partial charge in [-0.1, -0.05) is 145 Å². The van der Waals surface area contributed by atoms with Gasteiger partial charge in [0.05, 0.1) is 0 Å². The van der Waals surface area contributed by atoms with Gasteiger partial charge >= 0.3 is 0 Å². The number of rotatable bonds is 4. The molecule has 0 heterocycles. The maximum absolute atomic E-state index is 2.53. The Morgan fingerprint density at radius 3 is 1.02 bits per heavy atom. The third-order valence-corrected chi connectivity index (χ3v) is 14.8. The number of hydrogen-bond donors (Lipinski definition) is 0. The van der Waals surface area contributed by atoms with Crippen molar-refractivity contribution >= 4 is 43.1 Å². The maximum atomic E-state index is 2.53. The summed E-state index contributed by atoms with van der Waals surface area (Å²) in [6, 6.07) is 52.5. The van der Waals surface area contributed by atoms with Crippen LogP contribution < -0.4 is 0 Å². The fourth-order valence-corrected chi connectivity index (χ4v) is 12.1. The Hall–Kier alpha value is -5.98. The molecule has 9 aromatic rings. The second-order valence-electron chi connectivity index (χ2n) is 18.3. The predicted molar refractivity (Wildman–Crippen MR) is 258 cm³/mol. The second-order valence-corrected chi connectivity index (χ2v) is 18.3. The van der Waals surface area contributed by atoms with Crippen molar-refractivity contribution in [1.29, 1.82) is 0 Å². The fourth-order valence-electron chi connectivity index (χ4n) is 12.1. The molecule has 0 bridgehead atoms. The van der Waals surface area contributed by atoms with Gasteiger partial charge in [-0.25, -0.2) is 0 Å².